The molecule has 3 unspecified atom stereocenters. The predicted octanol–water partition coefficient (Wildman–Crippen LogP) is 2.69. The van der Waals surface area contributed by atoms with Gasteiger partial charge in [-0.05, 0) is 68.6 Å². The number of carbonyl (C=O) groups excluding carboxylic acids is 2. The minimum absolute atomic E-state index is 0.0353. The molecule has 0 heterocycles. The van der Waals surface area contributed by atoms with E-state index < -0.39 is 0 Å². The SMILES string of the molecule is CCC12CC3CC(CC(C3)C1NC(=O)CC(C)=O)C2. The van der Waals surface area contributed by atoms with Crippen LogP contribution in [0, 0.1) is 23.2 Å². The molecule has 3 atom stereocenters. The van der Waals surface area contributed by atoms with Gasteiger partial charge in [0.2, 0.25) is 5.91 Å². The summed E-state index contributed by atoms with van der Waals surface area (Å²) >= 11 is 0. The number of amides is 1. The van der Waals surface area contributed by atoms with Gasteiger partial charge in [-0.3, -0.25) is 9.59 Å². The number of hydrogen-bond donors (Lipinski definition) is 1. The standard InChI is InChI=1S/C16H25NO2/c1-3-16-8-11-5-12(9-16)7-13(6-11)15(16)17-14(19)4-10(2)18/h11-13,15H,3-9H2,1-2H3,(H,17,19). The normalized spacial score (nSPS) is 43.3. The van der Waals surface area contributed by atoms with Gasteiger partial charge >= 0.3 is 0 Å². The molecular formula is C16H25NO2. The van der Waals surface area contributed by atoms with Gasteiger partial charge in [-0.1, -0.05) is 6.92 Å². The third-order valence-corrected chi connectivity index (χ3v) is 5.89. The predicted molar refractivity (Wildman–Crippen MR) is 73.5 cm³/mol. The molecule has 4 bridgehead atoms. The first-order valence-electron chi connectivity index (χ1n) is 7.81. The zero-order valence-electron chi connectivity index (χ0n) is 12.1. The first-order valence-corrected chi connectivity index (χ1v) is 7.81. The maximum Gasteiger partial charge on any atom is 0.227 e. The lowest BCUT2D eigenvalue weighted by Crippen LogP contribution is -2.62. The quantitative estimate of drug-likeness (QED) is 0.793. The van der Waals surface area contributed by atoms with E-state index in [0.717, 1.165) is 11.8 Å². The van der Waals surface area contributed by atoms with Crippen molar-refractivity contribution in [3.05, 3.63) is 0 Å². The van der Waals surface area contributed by atoms with Gasteiger partial charge in [0.05, 0.1) is 6.42 Å². The van der Waals surface area contributed by atoms with E-state index in [2.05, 4.69) is 12.2 Å². The molecular weight excluding hydrogens is 238 g/mol. The molecule has 1 N–H and O–H groups in total. The summed E-state index contributed by atoms with van der Waals surface area (Å²) in [4.78, 5) is 23.1. The van der Waals surface area contributed by atoms with Gasteiger partial charge in [-0.2, -0.15) is 0 Å². The molecule has 4 saturated carbocycles. The molecule has 106 valence electrons. The fourth-order valence-corrected chi connectivity index (χ4v) is 5.44. The molecule has 4 aliphatic rings. The van der Waals surface area contributed by atoms with Gasteiger partial charge in [0.1, 0.15) is 5.78 Å². The molecule has 0 aromatic rings. The Morgan fingerprint density at radius 2 is 1.79 bits per heavy atom. The van der Waals surface area contributed by atoms with Crippen molar-refractivity contribution in [3.63, 3.8) is 0 Å². The van der Waals surface area contributed by atoms with Crippen LogP contribution in [0.5, 0.6) is 0 Å². The molecule has 3 heteroatoms. The summed E-state index contributed by atoms with van der Waals surface area (Å²) in [5.74, 6) is 2.38. The molecule has 0 aromatic carbocycles. The number of nitrogens with one attached hydrogen (secondary N) is 1. The molecule has 3 nitrogen and oxygen atoms in total. The monoisotopic (exact) mass is 263 g/mol. The lowest BCUT2D eigenvalue weighted by atomic mass is 9.46. The van der Waals surface area contributed by atoms with Crippen molar-refractivity contribution in [2.75, 3.05) is 0 Å². The highest BCUT2D eigenvalue weighted by Crippen LogP contribution is 2.61. The number of rotatable bonds is 4. The maximum atomic E-state index is 12.0. The van der Waals surface area contributed by atoms with Crippen molar-refractivity contribution in [1.82, 2.24) is 5.32 Å². The van der Waals surface area contributed by atoms with E-state index in [4.69, 9.17) is 0 Å². The van der Waals surface area contributed by atoms with Crippen molar-refractivity contribution in [2.24, 2.45) is 23.2 Å². The van der Waals surface area contributed by atoms with Gasteiger partial charge in [0.15, 0.2) is 0 Å². The molecule has 1 amide bonds. The topological polar surface area (TPSA) is 46.2 Å². The van der Waals surface area contributed by atoms with Crippen molar-refractivity contribution >= 4 is 11.7 Å². The highest BCUT2D eigenvalue weighted by Gasteiger charge is 2.56. The Kier molecular flexibility index (Phi) is 3.18. The third kappa shape index (κ3) is 2.21. The summed E-state index contributed by atoms with van der Waals surface area (Å²) in [7, 11) is 0. The summed E-state index contributed by atoms with van der Waals surface area (Å²) in [6, 6.07) is 0.331. The second-order valence-electron chi connectivity index (χ2n) is 7.25. The molecule has 0 aromatic heterocycles. The summed E-state index contributed by atoms with van der Waals surface area (Å²) in [6.07, 6.45) is 7.82. The second kappa shape index (κ2) is 4.60. The Morgan fingerprint density at radius 1 is 1.16 bits per heavy atom. The largest absolute Gasteiger partial charge is 0.352 e. The molecule has 0 radical (unpaired) electrons. The zero-order valence-corrected chi connectivity index (χ0v) is 12.1. The van der Waals surface area contributed by atoms with Crippen LogP contribution in [0.25, 0.3) is 0 Å². The minimum Gasteiger partial charge on any atom is -0.352 e. The van der Waals surface area contributed by atoms with Crippen LogP contribution in [0.1, 0.15) is 58.8 Å². The van der Waals surface area contributed by atoms with Gasteiger partial charge in [0.25, 0.3) is 0 Å². The van der Waals surface area contributed by atoms with Crippen molar-refractivity contribution in [2.45, 2.75) is 64.8 Å². The van der Waals surface area contributed by atoms with Crippen LogP contribution in [0.2, 0.25) is 0 Å². The molecule has 0 spiro atoms. The summed E-state index contributed by atoms with van der Waals surface area (Å²) in [6.45, 7) is 3.77. The van der Waals surface area contributed by atoms with E-state index in [1.54, 1.807) is 0 Å². The molecule has 4 aliphatic carbocycles. The number of carbonyl (C=O) groups is 2. The Bertz CT molecular complexity index is 390. The molecule has 0 aliphatic heterocycles. The molecule has 4 fully saturated rings. The van der Waals surface area contributed by atoms with Gasteiger partial charge < -0.3 is 5.32 Å². The fourth-order valence-electron chi connectivity index (χ4n) is 5.44. The van der Waals surface area contributed by atoms with Crippen LogP contribution in [-0.2, 0) is 9.59 Å². The van der Waals surface area contributed by atoms with Gasteiger partial charge in [-0.25, -0.2) is 0 Å². The van der Waals surface area contributed by atoms with Crippen LogP contribution in [0.15, 0.2) is 0 Å². The van der Waals surface area contributed by atoms with Crippen LogP contribution >= 0.6 is 0 Å². The Hall–Kier alpha value is -0.860. The van der Waals surface area contributed by atoms with Crippen LogP contribution in [-0.4, -0.2) is 17.7 Å². The van der Waals surface area contributed by atoms with E-state index in [1.807, 2.05) is 0 Å². The van der Waals surface area contributed by atoms with Crippen LogP contribution < -0.4 is 5.32 Å². The van der Waals surface area contributed by atoms with Gasteiger partial charge in [0, 0.05) is 6.04 Å². The zero-order chi connectivity index (χ0) is 13.6. The lowest BCUT2D eigenvalue weighted by molar-refractivity contribution is -0.134. The molecule has 4 rings (SSSR count). The van der Waals surface area contributed by atoms with Gasteiger partial charge in [-0.15, -0.1) is 0 Å². The highest BCUT2D eigenvalue weighted by molar-refractivity contribution is 5.96. The summed E-state index contributed by atoms with van der Waals surface area (Å²) in [5, 5.41) is 3.23. The smallest absolute Gasteiger partial charge is 0.227 e. The van der Waals surface area contributed by atoms with E-state index in [1.165, 1.54) is 45.4 Å². The van der Waals surface area contributed by atoms with Crippen LogP contribution in [0.3, 0.4) is 0 Å². The number of hydrogen-bond acceptors (Lipinski definition) is 2. The Morgan fingerprint density at radius 3 is 2.32 bits per heavy atom. The maximum absolute atomic E-state index is 12.0. The van der Waals surface area contributed by atoms with Crippen LogP contribution in [0.4, 0.5) is 0 Å². The first kappa shape index (κ1) is 13.1. The second-order valence-corrected chi connectivity index (χ2v) is 7.25. The highest BCUT2D eigenvalue weighted by atomic mass is 16.2. The van der Waals surface area contributed by atoms with E-state index >= 15 is 0 Å². The Labute approximate surface area is 115 Å². The average Bonchev–Trinajstić information content (AvgIpc) is 2.32. The fraction of sp³-hybridized carbons (Fsp3) is 0.875. The minimum atomic E-state index is -0.0576. The summed E-state index contributed by atoms with van der Waals surface area (Å²) < 4.78 is 0. The van der Waals surface area contributed by atoms with Crippen molar-refractivity contribution < 1.29 is 9.59 Å². The van der Waals surface area contributed by atoms with E-state index in [9.17, 15) is 9.59 Å². The van der Waals surface area contributed by atoms with Crippen molar-refractivity contribution in [1.29, 1.82) is 0 Å². The van der Waals surface area contributed by atoms with Crippen molar-refractivity contribution in [3.8, 4) is 0 Å². The molecule has 19 heavy (non-hydrogen) atoms. The first-order chi connectivity index (χ1) is 9.02. The average molecular weight is 263 g/mol. The lowest BCUT2D eigenvalue weighted by Gasteiger charge is -2.61. The molecule has 0 saturated heterocycles. The summed E-state index contributed by atoms with van der Waals surface area (Å²) in [5.41, 5.74) is 0.335. The van der Waals surface area contributed by atoms with E-state index in [0.29, 0.717) is 17.4 Å². The number of ketones is 1. The number of Topliss-reactive ketones (excluding diaryl/α,β-unsaturated/α-hetero) is 1. The van der Waals surface area contributed by atoms with E-state index in [-0.39, 0.29) is 18.1 Å². The Balaban J connectivity index is 1.76. The third-order valence-electron chi connectivity index (χ3n) is 5.89.